The molecule has 0 amide bonds. The van der Waals surface area contributed by atoms with Crippen LogP contribution in [-0.4, -0.2) is 31.6 Å². The lowest BCUT2D eigenvalue weighted by atomic mass is 9.93. The molecule has 0 radical (unpaired) electrons. The Morgan fingerprint density at radius 3 is 2.65 bits per heavy atom. The molecule has 0 aliphatic rings. The molecule has 0 spiro atoms. The second-order valence-corrected chi connectivity index (χ2v) is 5.49. The Morgan fingerprint density at radius 2 is 2.06 bits per heavy atom. The molecular weight excluding hydrogens is 215 g/mol. The molecule has 0 unspecified atom stereocenters. The second kappa shape index (κ2) is 6.12. The van der Waals surface area contributed by atoms with E-state index in [-0.39, 0.29) is 11.2 Å². The first-order valence-corrected chi connectivity index (χ1v) is 6.06. The van der Waals surface area contributed by atoms with Gasteiger partial charge in [0.15, 0.2) is 0 Å². The van der Waals surface area contributed by atoms with Gasteiger partial charge in [-0.3, -0.25) is 0 Å². The molecule has 17 heavy (non-hydrogen) atoms. The van der Waals surface area contributed by atoms with Crippen LogP contribution in [0.5, 0.6) is 0 Å². The van der Waals surface area contributed by atoms with Gasteiger partial charge in [0.1, 0.15) is 5.82 Å². The van der Waals surface area contributed by atoms with Gasteiger partial charge in [0.2, 0.25) is 0 Å². The molecule has 1 rings (SSSR count). The Hall–Kier alpha value is -0.930. The zero-order valence-corrected chi connectivity index (χ0v) is 11.0. The largest absolute Gasteiger partial charge is 0.330 e. The maximum atomic E-state index is 13.0. The van der Waals surface area contributed by atoms with E-state index >= 15 is 0 Å². The minimum atomic E-state index is -0.160. The third-order valence-corrected chi connectivity index (χ3v) is 2.92. The van der Waals surface area contributed by atoms with Crippen molar-refractivity contribution in [3.63, 3.8) is 0 Å². The molecule has 1 aromatic rings. The van der Waals surface area contributed by atoms with Crippen LogP contribution in [0.25, 0.3) is 0 Å². The second-order valence-electron chi connectivity index (χ2n) is 5.49. The summed E-state index contributed by atoms with van der Waals surface area (Å²) in [6, 6.07) is 6.80. The van der Waals surface area contributed by atoms with Gasteiger partial charge in [0.05, 0.1) is 0 Å². The van der Waals surface area contributed by atoms with Crippen LogP contribution in [0.15, 0.2) is 24.3 Å². The predicted molar refractivity (Wildman–Crippen MR) is 70.4 cm³/mol. The Morgan fingerprint density at radius 1 is 1.35 bits per heavy atom. The first-order chi connectivity index (χ1) is 7.93. The molecule has 0 aliphatic carbocycles. The maximum absolute atomic E-state index is 13.0. The third-order valence-electron chi connectivity index (χ3n) is 2.92. The van der Waals surface area contributed by atoms with E-state index in [0.717, 1.165) is 25.1 Å². The van der Waals surface area contributed by atoms with Crippen molar-refractivity contribution in [2.24, 2.45) is 11.1 Å². The van der Waals surface area contributed by atoms with Gasteiger partial charge in [-0.15, -0.1) is 0 Å². The van der Waals surface area contributed by atoms with E-state index in [1.54, 1.807) is 12.1 Å². The maximum Gasteiger partial charge on any atom is 0.123 e. The fourth-order valence-corrected chi connectivity index (χ4v) is 1.89. The number of nitrogens with zero attached hydrogens (tertiary/aromatic N) is 1. The van der Waals surface area contributed by atoms with Crippen LogP contribution in [0.4, 0.5) is 4.39 Å². The van der Waals surface area contributed by atoms with E-state index in [2.05, 4.69) is 25.8 Å². The topological polar surface area (TPSA) is 29.3 Å². The van der Waals surface area contributed by atoms with Gasteiger partial charge in [-0.25, -0.2) is 4.39 Å². The van der Waals surface area contributed by atoms with Crippen LogP contribution in [0.1, 0.15) is 19.4 Å². The van der Waals surface area contributed by atoms with Crippen molar-refractivity contribution in [2.45, 2.75) is 20.3 Å². The lowest BCUT2D eigenvalue weighted by Gasteiger charge is -2.28. The average molecular weight is 238 g/mol. The SMILES string of the molecule is CN(CCc1cccc(F)c1)CC(C)(C)CN. The molecule has 0 aliphatic heterocycles. The fraction of sp³-hybridized carbons (Fsp3) is 0.571. The zero-order valence-electron chi connectivity index (χ0n) is 11.0. The van der Waals surface area contributed by atoms with Crippen LogP contribution >= 0.6 is 0 Å². The summed E-state index contributed by atoms with van der Waals surface area (Å²) in [4.78, 5) is 2.25. The average Bonchev–Trinajstić information content (AvgIpc) is 2.26. The van der Waals surface area contributed by atoms with Gasteiger partial charge < -0.3 is 10.6 Å². The van der Waals surface area contributed by atoms with Gasteiger partial charge in [-0.1, -0.05) is 26.0 Å². The smallest absolute Gasteiger partial charge is 0.123 e. The van der Waals surface area contributed by atoms with E-state index in [1.165, 1.54) is 6.07 Å². The van der Waals surface area contributed by atoms with Crippen molar-refractivity contribution in [3.8, 4) is 0 Å². The molecule has 0 heterocycles. The number of likely N-dealkylation sites (N-methyl/N-ethyl adjacent to an activating group) is 1. The van der Waals surface area contributed by atoms with E-state index < -0.39 is 0 Å². The molecule has 0 fully saturated rings. The summed E-state index contributed by atoms with van der Waals surface area (Å²) in [5.74, 6) is -0.160. The zero-order chi connectivity index (χ0) is 12.9. The molecule has 2 N–H and O–H groups in total. The van der Waals surface area contributed by atoms with Crippen molar-refractivity contribution >= 4 is 0 Å². The van der Waals surface area contributed by atoms with Crippen molar-refractivity contribution < 1.29 is 4.39 Å². The van der Waals surface area contributed by atoms with E-state index in [1.807, 2.05) is 6.07 Å². The summed E-state index contributed by atoms with van der Waals surface area (Å²) in [7, 11) is 2.08. The van der Waals surface area contributed by atoms with Crippen LogP contribution in [-0.2, 0) is 6.42 Å². The van der Waals surface area contributed by atoms with Crippen molar-refractivity contribution in [1.29, 1.82) is 0 Å². The minimum absolute atomic E-state index is 0.136. The van der Waals surface area contributed by atoms with Crippen molar-refractivity contribution in [3.05, 3.63) is 35.6 Å². The van der Waals surface area contributed by atoms with E-state index in [9.17, 15) is 4.39 Å². The van der Waals surface area contributed by atoms with Gasteiger partial charge in [-0.05, 0) is 43.1 Å². The Bertz CT molecular complexity index is 350. The first kappa shape index (κ1) is 14.1. The van der Waals surface area contributed by atoms with Gasteiger partial charge in [0.25, 0.3) is 0 Å². The highest BCUT2D eigenvalue weighted by molar-refractivity contribution is 5.16. The minimum Gasteiger partial charge on any atom is -0.330 e. The number of halogens is 1. The highest BCUT2D eigenvalue weighted by atomic mass is 19.1. The summed E-state index contributed by atoms with van der Waals surface area (Å²) in [6.07, 6.45) is 0.870. The Labute approximate surface area is 104 Å². The van der Waals surface area contributed by atoms with Crippen molar-refractivity contribution in [1.82, 2.24) is 4.90 Å². The van der Waals surface area contributed by atoms with Gasteiger partial charge >= 0.3 is 0 Å². The molecule has 0 bridgehead atoms. The number of nitrogens with two attached hydrogens (primary N) is 1. The standard InChI is InChI=1S/C14H23FN2/c1-14(2,10-16)11-17(3)8-7-12-5-4-6-13(15)9-12/h4-6,9H,7-8,10-11,16H2,1-3H3. The fourth-order valence-electron chi connectivity index (χ4n) is 1.89. The molecule has 0 aromatic heterocycles. The van der Waals surface area contributed by atoms with Gasteiger partial charge in [-0.2, -0.15) is 0 Å². The lowest BCUT2D eigenvalue weighted by Crippen LogP contribution is -2.37. The molecule has 3 heteroatoms. The third kappa shape index (κ3) is 5.29. The summed E-state index contributed by atoms with van der Waals surface area (Å²) >= 11 is 0. The number of benzene rings is 1. The molecule has 0 saturated heterocycles. The van der Waals surface area contributed by atoms with Crippen molar-refractivity contribution in [2.75, 3.05) is 26.7 Å². The lowest BCUT2D eigenvalue weighted by molar-refractivity contribution is 0.217. The number of rotatable bonds is 6. The Kier molecular flexibility index (Phi) is 5.09. The molecular formula is C14H23FN2. The highest BCUT2D eigenvalue weighted by Crippen LogP contribution is 2.14. The highest BCUT2D eigenvalue weighted by Gasteiger charge is 2.17. The monoisotopic (exact) mass is 238 g/mol. The molecule has 0 saturated carbocycles. The quantitative estimate of drug-likeness (QED) is 0.824. The Balaban J connectivity index is 2.40. The summed E-state index contributed by atoms with van der Waals surface area (Å²) in [6.45, 7) is 6.88. The molecule has 1 aromatic carbocycles. The predicted octanol–water partition coefficient (Wildman–Crippen LogP) is 2.28. The molecule has 2 nitrogen and oxygen atoms in total. The normalized spacial score (nSPS) is 12.1. The van der Waals surface area contributed by atoms with Gasteiger partial charge in [0, 0.05) is 13.1 Å². The van der Waals surface area contributed by atoms with Crippen LogP contribution < -0.4 is 5.73 Å². The van der Waals surface area contributed by atoms with Crippen LogP contribution in [0.2, 0.25) is 0 Å². The van der Waals surface area contributed by atoms with Crippen LogP contribution in [0, 0.1) is 11.2 Å². The van der Waals surface area contributed by atoms with E-state index in [0.29, 0.717) is 6.54 Å². The summed E-state index contributed by atoms with van der Waals surface area (Å²) in [5.41, 5.74) is 6.88. The molecule has 0 atom stereocenters. The first-order valence-electron chi connectivity index (χ1n) is 6.06. The summed E-state index contributed by atoms with van der Waals surface area (Å²) in [5, 5.41) is 0. The summed E-state index contributed by atoms with van der Waals surface area (Å²) < 4.78 is 13.0. The van der Waals surface area contributed by atoms with Crippen LogP contribution in [0.3, 0.4) is 0 Å². The van der Waals surface area contributed by atoms with E-state index in [4.69, 9.17) is 5.73 Å². The number of hydrogen-bond acceptors (Lipinski definition) is 2. The molecule has 96 valence electrons. The number of hydrogen-bond donors (Lipinski definition) is 1.